The van der Waals surface area contributed by atoms with Crippen molar-refractivity contribution in [1.29, 1.82) is 0 Å². The highest BCUT2D eigenvalue weighted by atomic mass is 32.2. The first-order chi connectivity index (χ1) is 15.9. The lowest BCUT2D eigenvalue weighted by Gasteiger charge is -2.15. The molecule has 0 aliphatic carbocycles. The third-order valence-corrected chi connectivity index (χ3v) is 6.59. The van der Waals surface area contributed by atoms with Crippen molar-refractivity contribution in [3.05, 3.63) is 70.4 Å². The Bertz CT molecular complexity index is 1430. The van der Waals surface area contributed by atoms with Gasteiger partial charge in [-0.25, -0.2) is 14.1 Å². The number of hydrogen-bond donors (Lipinski definition) is 1. The number of aromatic nitrogens is 4. The Labute approximate surface area is 192 Å². The van der Waals surface area contributed by atoms with Crippen LogP contribution in [0.4, 0.5) is 10.1 Å². The normalized spacial score (nSPS) is 14.9. The Morgan fingerprint density at radius 1 is 1.27 bits per heavy atom. The smallest absolute Gasteiger partial charge is 0.265 e. The average Bonchev–Trinajstić information content (AvgIpc) is 3.39. The van der Waals surface area contributed by atoms with Gasteiger partial charge in [0.2, 0.25) is 5.91 Å². The summed E-state index contributed by atoms with van der Waals surface area (Å²) in [5.41, 5.74) is 2.34. The predicted molar refractivity (Wildman–Crippen MR) is 124 cm³/mol. The molecule has 1 aliphatic heterocycles. The van der Waals surface area contributed by atoms with Crippen molar-refractivity contribution in [2.45, 2.75) is 24.5 Å². The molecule has 1 N–H and O–H groups in total. The summed E-state index contributed by atoms with van der Waals surface area (Å²) in [5, 5.41) is 8.05. The van der Waals surface area contributed by atoms with Crippen molar-refractivity contribution in [3.8, 4) is 11.4 Å². The van der Waals surface area contributed by atoms with Gasteiger partial charge in [0, 0.05) is 12.2 Å². The number of hydrogen-bond acceptors (Lipinski definition) is 6. The molecular formula is C23H20FN5O3S. The van der Waals surface area contributed by atoms with Crippen LogP contribution in [0.1, 0.15) is 18.0 Å². The highest BCUT2D eigenvalue weighted by Gasteiger charge is 2.30. The second kappa shape index (κ2) is 8.36. The molecule has 0 saturated carbocycles. The van der Waals surface area contributed by atoms with Crippen LogP contribution in [0, 0.1) is 12.7 Å². The number of carbonyl (C=O) groups excluding carboxylic acids is 1. The second-order valence-corrected chi connectivity index (χ2v) is 8.75. The van der Waals surface area contributed by atoms with Crippen molar-refractivity contribution >= 4 is 34.4 Å². The van der Waals surface area contributed by atoms with E-state index in [1.54, 1.807) is 29.9 Å². The van der Waals surface area contributed by atoms with Crippen LogP contribution in [0.25, 0.3) is 16.7 Å². The molecule has 0 bridgehead atoms. The number of rotatable bonds is 5. The molecule has 4 aromatic rings. The molecule has 1 unspecified atom stereocenters. The van der Waals surface area contributed by atoms with E-state index >= 15 is 0 Å². The SMILES string of the molecule is COc1ccc(C)cc1NC(=O)CC1CSc2nc3c(cnn3-c3ccc(F)cc3)c(=O)n21. The number of amides is 1. The maximum atomic E-state index is 13.3. The van der Waals surface area contributed by atoms with Gasteiger partial charge in [-0.15, -0.1) is 0 Å². The van der Waals surface area contributed by atoms with Crippen LogP contribution in [0.2, 0.25) is 0 Å². The Morgan fingerprint density at radius 3 is 2.82 bits per heavy atom. The van der Waals surface area contributed by atoms with Gasteiger partial charge in [-0.2, -0.15) is 5.10 Å². The van der Waals surface area contributed by atoms with E-state index < -0.39 is 0 Å². The summed E-state index contributed by atoms with van der Waals surface area (Å²) >= 11 is 1.42. The van der Waals surface area contributed by atoms with Crippen LogP contribution < -0.4 is 15.6 Å². The predicted octanol–water partition coefficient (Wildman–Crippen LogP) is 3.71. The number of thioether (sulfide) groups is 1. The summed E-state index contributed by atoms with van der Waals surface area (Å²) in [5.74, 6) is 0.552. The van der Waals surface area contributed by atoms with Crippen LogP contribution in [-0.2, 0) is 4.79 Å². The molecule has 0 saturated heterocycles. The van der Waals surface area contributed by atoms with Crippen molar-refractivity contribution < 1.29 is 13.9 Å². The van der Waals surface area contributed by atoms with Gasteiger partial charge in [0.1, 0.15) is 17.0 Å². The van der Waals surface area contributed by atoms with E-state index in [4.69, 9.17) is 4.74 Å². The van der Waals surface area contributed by atoms with E-state index in [1.165, 1.54) is 34.8 Å². The van der Waals surface area contributed by atoms with Crippen LogP contribution in [-0.4, -0.2) is 38.1 Å². The molecule has 0 fully saturated rings. The van der Waals surface area contributed by atoms with Crippen molar-refractivity contribution in [2.24, 2.45) is 0 Å². The fourth-order valence-electron chi connectivity index (χ4n) is 3.89. The van der Waals surface area contributed by atoms with E-state index in [1.807, 2.05) is 19.1 Å². The molecule has 168 valence electrons. The second-order valence-electron chi connectivity index (χ2n) is 7.76. The Morgan fingerprint density at radius 2 is 2.06 bits per heavy atom. The van der Waals surface area contributed by atoms with E-state index in [2.05, 4.69) is 15.4 Å². The van der Waals surface area contributed by atoms with Gasteiger partial charge in [0.15, 0.2) is 10.8 Å². The average molecular weight is 466 g/mol. The molecule has 3 heterocycles. The van der Waals surface area contributed by atoms with Gasteiger partial charge in [0.25, 0.3) is 5.56 Å². The highest BCUT2D eigenvalue weighted by Crippen LogP contribution is 2.34. The van der Waals surface area contributed by atoms with Crippen LogP contribution in [0.5, 0.6) is 5.75 Å². The summed E-state index contributed by atoms with van der Waals surface area (Å²) in [6.07, 6.45) is 1.58. The quantitative estimate of drug-likeness (QED) is 0.452. The maximum absolute atomic E-state index is 13.3. The Hall–Kier alpha value is -3.66. The molecule has 1 aliphatic rings. The van der Waals surface area contributed by atoms with E-state index in [-0.39, 0.29) is 29.7 Å². The lowest BCUT2D eigenvalue weighted by atomic mass is 10.2. The lowest BCUT2D eigenvalue weighted by molar-refractivity contribution is -0.116. The number of aryl methyl sites for hydroxylation is 1. The minimum Gasteiger partial charge on any atom is -0.495 e. The van der Waals surface area contributed by atoms with Crippen molar-refractivity contribution in [1.82, 2.24) is 19.3 Å². The summed E-state index contributed by atoms with van der Waals surface area (Å²) < 4.78 is 21.7. The van der Waals surface area contributed by atoms with E-state index in [0.717, 1.165) is 5.56 Å². The molecule has 0 radical (unpaired) electrons. The first-order valence-corrected chi connectivity index (χ1v) is 11.3. The van der Waals surface area contributed by atoms with Gasteiger partial charge < -0.3 is 10.1 Å². The summed E-state index contributed by atoms with van der Waals surface area (Å²) in [4.78, 5) is 30.7. The zero-order valence-corrected chi connectivity index (χ0v) is 18.7. The van der Waals surface area contributed by atoms with Gasteiger partial charge in [-0.1, -0.05) is 17.8 Å². The molecule has 10 heteroatoms. The molecule has 0 spiro atoms. The van der Waals surface area contributed by atoms with Crippen LogP contribution in [0.15, 0.2) is 58.6 Å². The monoisotopic (exact) mass is 465 g/mol. The first-order valence-electron chi connectivity index (χ1n) is 10.3. The fourth-order valence-corrected chi connectivity index (χ4v) is 5.02. The van der Waals surface area contributed by atoms with Gasteiger partial charge in [-0.3, -0.25) is 14.2 Å². The standard InChI is InChI=1S/C23H20FN5O3S/c1-13-3-8-19(32-2)18(9-13)26-20(30)10-16-12-33-23-27-21-17(22(31)28(16)23)11-25-29(21)15-6-4-14(24)5-7-15/h3-9,11,16H,10,12H2,1-2H3,(H,26,30). The number of anilines is 1. The number of halogens is 1. The third-order valence-electron chi connectivity index (χ3n) is 5.49. The third kappa shape index (κ3) is 3.86. The fraction of sp³-hybridized carbons (Fsp3) is 0.217. The first kappa shape index (κ1) is 21.2. The number of carbonyl (C=O) groups is 1. The number of benzene rings is 2. The van der Waals surface area contributed by atoms with E-state index in [0.29, 0.717) is 39.1 Å². The summed E-state index contributed by atoms with van der Waals surface area (Å²) in [7, 11) is 1.55. The summed E-state index contributed by atoms with van der Waals surface area (Å²) in [6, 6.07) is 11.0. The molecular weight excluding hydrogens is 445 g/mol. The molecule has 2 aromatic carbocycles. The van der Waals surface area contributed by atoms with Gasteiger partial charge >= 0.3 is 0 Å². The van der Waals surface area contributed by atoms with E-state index in [9.17, 15) is 14.0 Å². The molecule has 2 aromatic heterocycles. The van der Waals surface area contributed by atoms with Crippen molar-refractivity contribution in [3.63, 3.8) is 0 Å². The van der Waals surface area contributed by atoms with Crippen molar-refractivity contribution in [2.75, 3.05) is 18.2 Å². The molecule has 5 rings (SSSR count). The molecule has 8 nitrogen and oxygen atoms in total. The number of nitrogens with one attached hydrogen (secondary N) is 1. The van der Waals surface area contributed by atoms with Crippen LogP contribution in [0.3, 0.4) is 0 Å². The highest BCUT2D eigenvalue weighted by molar-refractivity contribution is 7.99. The molecule has 1 amide bonds. The van der Waals surface area contributed by atoms with Gasteiger partial charge in [0.05, 0.1) is 30.7 Å². The zero-order chi connectivity index (χ0) is 23.1. The van der Waals surface area contributed by atoms with Crippen LogP contribution >= 0.6 is 11.8 Å². The maximum Gasteiger partial charge on any atom is 0.265 e. The number of methoxy groups -OCH3 is 1. The lowest BCUT2D eigenvalue weighted by Crippen LogP contribution is -2.27. The number of fused-ring (bicyclic) bond motifs is 2. The Balaban J connectivity index is 1.43. The topological polar surface area (TPSA) is 91.0 Å². The Kier molecular flexibility index (Phi) is 5.37. The summed E-state index contributed by atoms with van der Waals surface area (Å²) in [6.45, 7) is 1.93. The minimum absolute atomic E-state index is 0.121. The molecule has 33 heavy (non-hydrogen) atoms. The number of nitrogens with zero attached hydrogens (tertiary/aromatic N) is 4. The minimum atomic E-state index is -0.357. The number of ether oxygens (including phenoxy) is 1. The molecule has 1 atom stereocenters. The van der Waals surface area contributed by atoms with Gasteiger partial charge in [-0.05, 0) is 48.9 Å². The largest absolute Gasteiger partial charge is 0.495 e. The zero-order valence-electron chi connectivity index (χ0n) is 17.9.